The highest BCUT2D eigenvalue weighted by atomic mass is 14.2. The SMILES string of the molecule is CCC(c1ccc2ccccc2c1)c1ccc2ccccc2c1. The van der Waals surface area contributed by atoms with E-state index in [0.717, 1.165) is 6.42 Å². The van der Waals surface area contributed by atoms with Crippen molar-refractivity contribution in [3.63, 3.8) is 0 Å². The molecule has 0 bridgehead atoms. The summed E-state index contributed by atoms with van der Waals surface area (Å²) in [7, 11) is 0. The van der Waals surface area contributed by atoms with Crippen LogP contribution < -0.4 is 0 Å². The molecule has 4 aromatic carbocycles. The first-order valence-electron chi connectivity index (χ1n) is 8.32. The molecule has 0 fully saturated rings. The molecule has 0 saturated heterocycles. The van der Waals surface area contributed by atoms with Crippen molar-refractivity contribution in [1.82, 2.24) is 0 Å². The summed E-state index contributed by atoms with van der Waals surface area (Å²) in [5, 5.41) is 5.27. The van der Waals surface area contributed by atoms with E-state index in [1.807, 2.05) is 0 Å². The number of fused-ring (bicyclic) bond motifs is 2. The fourth-order valence-electron chi connectivity index (χ4n) is 3.51. The molecule has 0 nitrogen and oxygen atoms in total. The first kappa shape index (κ1) is 14.0. The first-order chi connectivity index (χ1) is 11.3. The molecule has 112 valence electrons. The molecule has 23 heavy (non-hydrogen) atoms. The van der Waals surface area contributed by atoms with Crippen LogP contribution in [0.5, 0.6) is 0 Å². The maximum atomic E-state index is 2.35. The second-order valence-electron chi connectivity index (χ2n) is 6.17. The molecule has 0 heterocycles. The van der Waals surface area contributed by atoms with Crippen LogP contribution in [0, 0.1) is 0 Å². The van der Waals surface area contributed by atoms with Gasteiger partial charge in [0.25, 0.3) is 0 Å². The summed E-state index contributed by atoms with van der Waals surface area (Å²) < 4.78 is 0. The standard InChI is InChI=1S/C23H20/c1-2-23(21-13-11-17-7-3-5-9-19(17)15-21)22-14-12-18-8-4-6-10-20(18)16-22/h3-16,23H,2H2,1H3. The van der Waals surface area contributed by atoms with Crippen LogP contribution in [0.1, 0.15) is 30.4 Å². The van der Waals surface area contributed by atoms with Gasteiger partial charge in [0, 0.05) is 5.92 Å². The van der Waals surface area contributed by atoms with Crippen LogP contribution in [0.4, 0.5) is 0 Å². The Morgan fingerprint density at radius 1 is 0.565 bits per heavy atom. The highest BCUT2D eigenvalue weighted by molar-refractivity contribution is 5.84. The van der Waals surface area contributed by atoms with Crippen molar-refractivity contribution in [3.8, 4) is 0 Å². The largest absolute Gasteiger partial charge is 0.0645 e. The Labute approximate surface area is 137 Å². The van der Waals surface area contributed by atoms with Gasteiger partial charge in [-0.25, -0.2) is 0 Å². The molecule has 4 aromatic rings. The van der Waals surface area contributed by atoms with E-state index < -0.39 is 0 Å². The summed E-state index contributed by atoms with van der Waals surface area (Å²) in [6.45, 7) is 2.27. The molecule has 0 heteroatoms. The minimum atomic E-state index is 0.448. The van der Waals surface area contributed by atoms with E-state index in [2.05, 4.69) is 91.9 Å². The summed E-state index contributed by atoms with van der Waals surface area (Å²) in [5.41, 5.74) is 2.81. The predicted molar refractivity (Wildman–Crippen MR) is 100 cm³/mol. The Bertz CT molecular complexity index is 886. The second kappa shape index (κ2) is 5.89. The summed E-state index contributed by atoms with van der Waals surface area (Å²) in [6, 6.07) is 30.9. The zero-order valence-corrected chi connectivity index (χ0v) is 13.4. The fraction of sp³-hybridized carbons (Fsp3) is 0.130. The van der Waals surface area contributed by atoms with Gasteiger partial charge in [-0.3, -0.25) is 0 Å². The number of hydrogen-bond acceptors (Lipinski definition) is 0. The molecule has 0 aliphatic rings. The monoisotopic (exact) mass is 296 g/mol. The normalized spacial score (nSPS) is 11.4. The molecule has 4 rings (SSSR count). The van der Waals surface area contributed by atoms with Gasteiger partial charge in [0.1, 0.15) is 0 Å². The van der Waals surface area contributed by atoms with E-state index >= 15 is 0 Å². The van der Waals surface area contributed by atoms with Gasteiger partial charge in [0.2, 0.25) is 0 Å². The summed E-state index contributed by atoms with van der Waals surface area (Å²) >= 11 is 0. The molecule has 0 spiro atoms. The lowest BCUT2D eigenvalue weighted by atomic mass is 9.87. The molecular weight excluding hydrogens is 276 g/mol. The number of rotatable bonds is 3. The topological polar surface area (TPSA) is 0 Å². The van der Waals surface area contributed by atoms with Gasteiger partial charge < -0.3 is 0 Å². The average molecular weight is 296 g/mol. The lowest BCUT2D eigenvalue weighted by Crippen LogP contribution is -1.99. The van der Waals surface area contributed by atoms with Gasteiger partial charge in [0.05, 0.1) is 0 Å². The summed E-state index contributed by atoms with van der Waals surface area (Å²) in [5.74, 6) is 0.448. The Morgan fingerprint density at radius 2 is 1.00 bits per heavy atom. The van der Waals surface area contributed by atoms with E-state index in [4.69, 9.17) is 0 Å². The second-order valence-corrected chi connectivity index (χ2v) is 6.17. The van der Waals surface area contributed by atoms with Crippen LogP contribution in [0.15, 0.2) is 84.9 Å². The van der Waals surface area contributed by atoms with Crippen LogP contribution in [-0.4, -0.2) is 0 Å². The van der Waals surface area contributed by atoms with Crippen molar-refractivity contribution in [2.45, 2.75) is 19.3 Å². The highest BCUT2D eigenvalue weighted by Crippen LogP contribution is 2.31. The molecular formula is C23H20. The minimum absolute atomic E-state index is 0.448. The van der Waals surface area contributed by atoms with Crippen molar-refractivity contribution < 1.29 is 0 Å². The zero-order chi connectivity index (χ0) is 15.6. The fourth-order valence-corrected chi connectivity index (χ4v) is 3.51. The Balaban J connectivity index is 1.81. The zero-order valence-electron chi connectivity index (χ0n) is 13.4. The molecule has 0 aliphatic heterocycles. The third-order valence-electron chi connectivity index (χ3n) is 4.76. The van der Waals surface area contributed by atoms with Crippen molar-refractivity contribution in [1.29, 1.82) is 0 Å². The number of benzene rings is 4. The number of hydrogen-bond donors (Lipinski definition) is 0. The van der Waals surface area contributed by atoms with E-state index in [1.165, 1.54) is 32.7 Å². The minimum Gasteiger partial charge on any atom is -0.0645 e. The molecule has 0 radical (unpaired) electrons. The summed E-state index contributed by atoms with van der Waals surface area (Å²) in [6.07, 6.45) is 1.11. The lowest BCUT2D eigenvalue weighted by Gasteiger charge is -2.17. The molecule has 0 amide bonds. The molecule has 0 unspecified atom stereocenters. The van der Waals surface area contributed by atoms with Gasteiger partial charge in [0.15, 0.2) is 0 Å². The van der Waals surface area contributed by atoms with Gasteiger partial charge in [-0.2, -0.15) is 0 Å². The third kappa shape index (κ3) is 2.61. The average Bonchev–Trinajstić information content (AvgIpc) is 2.62. The highest BCUT2D eigenvalue weighted by Gasteiger charge is 2.13. The van der Waals surface area contributed by atoms with Gasteiger partial charge >= 0.3 is 0 Å². The van der Waals surface area contributed by atoms with Gasteiger partial charge in [-0.1, -0.05) is 91.9 Å². The Kier molecular flexibility index (Phi) is 3.59. The van der Waals surface area contributed by atoms with Crippen molar-refractivity contribution in [2.75, 3.05) is 0 Å². The molecule has 0 aliphatic carbocycles. The molecule has 0 saturated carbocycles. The van der Waals surface area contributed by atoms with E-state index in [9.17, 15) is 0 Å². The van der Waals surface area contributed by atoms with Gasteiger partial charge in [-0.15, -0.1) is 0 Å². The summed E-state index contributed by atoms with van der Waals surface area (Å²) in [4.78, 5) is 0. The molecule has 0 N–H and O–H groups in total. The van der Waals surface area contributed by atoms with E-state index in [0.29, 0.717) is 5.92 Å². The maximum absolute atomic E-state index is 2.35. The lowest BCUT2D eigenvalue weighted by molar-refractivity contribution is 0.780. The Hall–Kier alpha value is -2.60. The van der Waals surface area contributed by atoms with Crippen LogP contribution in [0.25, 0.3) is 21.5 Å². The van der Waals surface area contributed by atoms with Crippen molar-refractivity contribution >= 4 is 21.5 Å². The third-order valence-corrected chi connectivity index (χ3v) is 4.76. The van der Waals surface area contributed by atoms with Crippen LogP contribution in [0.2, 0.25) is 0 Å². The van der Waals surface area contributed by atoms with Gasteiger partial charge in [-0.05, 0) is 39.1 Å². The predicted octanol–water partition coefficient (Wildman–Crippen LogP) is 6.53. The van der Waals surface area contributed by atoms with Crippen molar-refractivity contribution in [3.05, 3.63) is 96.1 Å². The first-order valence-corrected chi connectivity index (χ1v) is 8.32. The van der Waals surface area contributed by atoms with Crippen LogP contribution >= 0.6 is 0 Å². The quantitative estimate of drug-likeness (QED) is 0.403. The molecule has 0 aromatic heterocycles. The molecule has 0 atom stereocenters. The van der Waals surface area contributed by atoms with E-state index in [1.54, 1.807) is 0 Å². The Morgan fingerprint density at radius 3 is 1.43 bits per heavy atom. The van der Waals surface area contributed by atoms with Crippen LogP contribution in [-0.2, 0) is 0 Å². The van der Waals surface area contributed by atoms with Crippen molar-refractivity contribution in [2.24, 2.45) is 0 Å². The van der Waals surface area contributed by atoms with E-state index in [-0.39, 0.29) is 0 Å². The maximum Gasteiger partial charge on any atom is 0.00871 e. The smallest absolute Gasteiger partial charge is 0.00871 e. The van der Waals surface area contributed by atoms with Crippen LogP contribution in [0.3, 0.4) is 0 Å².